The summed E-state index contributed by atoms with van der Waals surface area (Å²) < 4.78 is 15.6. The molecule has 0 N–H and O–H groups in total. The van der Waals surface area contributed by atoms with Gasteiger partial charge in [0.25, 0.3) is 0 Å². The lowest BCUT2D eigenvalue weighted by Crippen LogP contribution is -2.42. The molecule has 1 aliphatic rings. The first-order chi connectivity index (χ1) is 9.67. The fourth-order valence-corrected chi connectivity index (χ4v) is 1.51. The second-order valence-electron chi connectivity index (χ2n) is 5.60. The van der Waals surface area contributed by atoms with Crippen LogP contribution in [0.15, 0.2) is 12.2 Å². The highest BCUT2D eigenvalue weighted by atomic mass is 17.2. The highest BCUT2D eigenvalue weighted by molar-refractivity contribution is 5.66. The van der Waals surface area contributed by atoms with E-state index in [-0.39, 0.29) is 6.61 Å². The minimum absolute atomic E-state index is 0.0486. The van der Waals surface area contributed by atoms with Crippen LogP contribution in [0.3, 0.4) is 0 Å². The van der Waals surface area contributed by atoms with E-state index in [9.17, 15) is 9.59 Å². The summed E-state index contributed by atoms with van der Waals surface area (Å²) in [6, 6.07) is 0. The van der Waals surface area contributed by atoms with E-state index < -0.39 is 36.0 Å². The molecule has 0 spiro atoms. The summed E-state index contributed by atoms with van der Waals surface area (Å²) >= 11 is 0. The van der Waals surface area contributed by atoms with Crippen LogP contribution in [0.5, 0.6) is 0 Å². The SMILES string of the molecule is CC(=O)OC[C@H]1O[C@H](OOC(C)(C)C)C=C[C@H]1OC(C)=O. The summed E-state index contributed by atoms with van der Waals surface area (Å²) in [4.78, 5) is 32.3. The number of ether oxygens (including phenoxy) is 3. The van der Waals surface area contributed by atoms with Gasteiger partial charge in [-0.3, -0.25) is 9.59 Å². The molecule has 0 bridgehead atoms. The first-order valence-electron chi connectivity index (χ1n) is 6.66. The van der Waals surface area contributed by atoms with Crippen molar-refractivity contribution in [1.82, 2.24) is 0 Å². The van der Waals surface area contributed by atoms with Crippen molar-refractivity contribution in [1.29, 1.82) is 0 Å². The largest absolute Gasteiger partial charge is 0.463 e. The summed E-state index contributed by atoms with van der Waals surface area (Å²) in [5.41, 5.74) is -0.491. The molecule has 21 heavy (non-hydrogen) atoms. The Labute approximate surface area is 124 Å². The summed E-state index contributed by atoms with van der Waals surface area (Å²) in [7, 11) is 0. The summed E-state index contributed by atoms with van der Waals surface area (Å²) in [6.07, 6.45) is 1.13. The monoisotopic (exact) mass is 302 g/mol. The molecule has 0 aliphatic carbocycles. The zero-order valence-electron chi connectivity index (χ0n) is 13.0. The summed E-state index contributed by atoms with van der Waals surface area (Å²) in [5, 5.41) is 0. The van der Waals surface area contributed by atoms with E-state index in [1.807, 2.05) is 20.8 Å². The quantitative estimate of drug-likeness (QED) is 0.329. The molecule has 0 saturated heterocycles. The van der Waals surface area contributed by atoms with Gasteiger partial charge in [-0.15, -0.1) is 0 Å². The average molecular weight is 302 g/mol. The topological polar surface area (TPSA) is 80.3 Å². The van der Waals surface area contributed by atoms with Gasteiger partial charge in [0.15, 0.2) is 0 Å². The molecule has 1 heterocycles. The predicted molar refractivity (Wildman–Crippen MR) is 71.9 cm³/mol. The number of rotatable bonds is 5. The van der Waals surface area contributed by atoms with Crippen molar-refractivity contribution in [3.63, 3.8) is 0 Å². The van der Waals surface area contributed by atoms with Crippen molar-refractivity contribution < 1.29 is 33.6 Å². The molecule has 0 radical (unpaired) electrons. The van der Waals surface area contributed by atoms with Gasteiger partial charge in [-0.1, -0.05) is 0 Å². The molecule has 7 heteroatoms. The zero-order chi connectivity index (χ0) is 16.0. The third-order valence-electron chi connectivity index (χ3n) is 2.28. The maximum atomic E-state index is 11.1. The van der Waals surface area contributed by atoms with Gasteiger partial charge in [-0.25, -0.2) is 4.89 Å². The van der Waals surface area contributed by atoms with Crippen LogP contribution in [-0.2, 0) is 33.6 Å². The summed E-state index contributed by atoms with van der Waals surface area (Å²) in [6.45, 7) is 8.03. The van der Waals surface area contributed by atoms with Crippen molar-refractivity contribution in [2.45, 2.75) is 58.7 Å². The minimum Gasteiger partial charge on any atom is -0.463 e. The van der Waals surface area contributed by atoms with Gasteiger partial charge in [0.05, 0.1) is 5.60 Å². The van der Waals surface area contributed by atoms with Gasteiger partial charge < -0.3 is 14.2 Å². The fraction of sp³-hybridized carbons (Fsp3) is 0.714. The van der Waals surface area contributed by atoms with Crippen LogP contribution in [0, 0.1) is 0 Å². The molecule has 0 fully saturated rings. The third kappa shape index (κ3) is 7.22. The number of esters is 2. The van der Waals surface area contributed by atoms with Crippen LogP contribution in [0.2, 0.25) is 0 Å². The molecule has 7 nitrogen and oxygen atoms in total. The van der Waals surface area contributed by atoms with Gasteiger partial charge >= 0.3 is 11.9 Å². The smallest absolute Gasteiger partial charge is 0.303 e. The Morgan fingerprint density at radius 3 is 2.33 bits per heavy atom. The summed E-state index contributed by atoms with van der Waals surface area (Å²) in [5.74, 6) is -0.899. The van der Waals surface area contributed by atoms with Gasteiger partial charge in [-0.05, 0) is 32.9 Å². The van der Waals surface area contributed by atoms with Crippen molar-refractivity contribution in [2.24, 2.45) is 0 Å². The Balaban J connectivity index is 2.64. The molecule has 0 saturated carbocycles. The lowest BCUT2D eigenvalue weighted by molar-refractivity contribution is -0.413. The first kappa shape index (κ1) is 17.6. The van der Waals surface area contributed by atoms with Crippen LogP contribution in [0.1, 0.15) is 34.6 Å². The minimum atomic E-state index is -0.767. The molecule has 0 aromatic rings. The number of carbonyl (C=O) groups is 2. The van der Waals surface area contributed by atoms with Crippen LogP contribution in [0.25, 0.3) is 0 Å². The molecule has 0 aromatic carbocycles. The molecule has 1 rings (SSSR count). The van der Waals surface area contributed by atoms with Crippen LogP contribution in [0.4, 0.5) is 0 Å². The van der Waals surface area contributed by atoms with Gasteiger partial charge in [0.2, 0.25) is 6.29 Å². The molecule has 3 atom stereocenters. The highest BCUT2D eigenvalue weighted by Gasteiger charge is 2.32. The van der Waals surface area contributed by atoms with E-state index in [2.05, 4.69) is 0 Å². The van der Waals surface area contributed by atoms with Crippen molar-refractivity contribution >= 4 is 11.9 Å². The van der Waals surface area contributed by atoms with Gasteiger partial charge in [0, 0.05) is 13.8 Å². The van der Waals surface area contributed by atoms with Crippen LogP contribution in [-0.4, -0.2) is 42.6 Å². The fourth-order valence-electron chi connectivity index (χ4n) is 1.51. The van der Waals surface area contributed by atoms with Gasteiger partial charge in [0.1, 0.15) is 18.8 Å². The van der Waals surface area contributed by atoms with E-state index in [0.717, 1.165) is 0 Å². The van der Waals surface area contributed by atoms with E-state index >= 15 is 0 Å². The molecule has 0 unspecified atom stereocenters. The first-order valence-corrected chi connectivity index (χ1v) is 6.66. The highest BCUT2D eigenvalue weighted by Crippen LogP contribution is 2.20. The van der Waals surface area contributed by atoms with E-state index in [1.54, 1.807) is 12.2 Å². The molecule has 0 amide bonds. The van der Waals surface area contributed by atoms with Crippen molar-refractivity contribution in [3.05, 3.63) is 12.2 Å². The Hall–Kier alpha value is -1.44. The lowest BCUT2D eigenvalue weighted by Gasteiger charge is -2.31. The van der Waals surface area contributed by atoms with Gasteiger partial charge in [-0.2, -0.15) is 4.89 Å². The van der Waals surface area contributed by atoms with Crippen molar-refractivity contribution in [2.75, 3.05) is 6.61 Å². The van der Waals surface area contributed by atoms with Crippen LogP contribution >= 0.6 is 0 Å². The maximum absolute atomic E-state index is 11.1. The second-order valence-corrected chi connectivity index (χ2v) is 5.60. The molecule has 120 valence electrons. The third-order valence-corrected chi connectivity index (χ3v) is 2.28. The van der Waals surface area contributed by atoms with E-state index in [1.165, 1.54) is 13.8 Å². The Kier molecular flexibility index (Phi) is 6.32. The lowest BCUT2D eigenvalue weighted by atomic mass is 10.1. The normalized spacial score (nSPS) is 25.5. The van der Waals surface area contributed by atoms with Crippen LogP contribution < -0.4 is 0 Å². The Morgan fingerprint density at radius 1 is 1.14 bits per heavy atom. The number of hydrogen-bond donors (Lipinski definition) is 0. The molecular weight excluding hydrogens is 280 g/mol. The zero-order valence-corrected chi connectivity index (χ0v) is 13.0. The second kappa shape index (κ2) is 7.53. The predicted octanol–water partition coefficient (Wildman–Crippen LogP) is 1.51. The average Bonchev–Trinajstić information content (AvgIpc) is 2.34. The molecule has 1 aliphatic heterocycles. The Morgan fingerprint density at radius 2 is 1.81 bits per heavy atom. The number of hydrogen-bond acceptors (Lipinski definition) is 7. The Bertz CT molecular complexity index is 397. The number of carbonyl (C=O) groups excluding carboxylic acids is 2. The maximum Gasteiger partial charge on any atom is 0.303 e. The standard InChI is InChI=1S/C14H22O7/c1-9(15)17-8-12-11(18-10(2)16)6-7-13(19-12)20-21-14(3,4)5/h6-7,11-13H,8H2,1-5H3/t11-,12-,13-/m1/s1. The van der Waals surface area contributed by atoms with E-state index in [4.69, 9.17) is 24.0 Å². The van der Waals surface area contributed by atoms with Crippen molar-refractivity contribution in [3.8, 4) is 0 Å². The van der Waals surface area contributed by atoms with E-state index in [0.29, 0.717) is 0 Å². The molecular formula is C14H22O7. The molecule has 0 aromatic heterocycles.